The number of aromatic nitrogens is 4. The van der Waals surface area contributed by atoms with Crippen molar-refractivity contribution in [1.82, 2.24) is 30.0 Å². The summed E-state index contributed by atoms with van der Waals surface area (Å²) in [4.78, 5) is 34.6. The average molecular weight is 539 g/mol. The molecule has 3 rings (SSSR count). The standard InChI is InChI=1S/C27H35FN8O3/c1-17(35(6)26(38)39-27(2,3)4)24(37)30-14-10-8-9-11-18-16-31-25(33-23(18)29-5)32-19-12-13-20-21(15-19)36(7)34-22(20)28/h12-13,15-17H,8,10,14H2,1-7H3,(H,30,37)(H2,29,31,32,33)/t17-/m0/s1. The number of ether oxygens (including phenoxy) is 1. The van der Waals surface area contributed by atoms with E-state index in [1.54, 1.807) is 66.2 Å². The Morgan fingerprint density at radius 1 is 1.28 bits per heavy atom. The number of carbonyl (C=O) groups is 2. The molecule has 0 radical (unpaired) electrons. The summed E-state index contributed by atoms with van der Waals surface area (Å²) in [5, 5.41) is 13.2. The zero-order valence-corrected chi connectivity index (χ0v) is 23.3. The van der Waals surface area contributed by atoms with Crippen LogP contribution in [0.3, 0.4) is 0 Å². The van der Waals surface area contributed by atoms with Gasteiger partial charge in [-0.3, -0.25) is 14.4 Å². The molecule has 11 nitrogen and oxygen atoms in total. The van der Waals surface area contributed by atoms with E-state index in [1.807, 2.05) is 0 Å². The molecule has 0 saturated heterocycles. The van der Waals surface area contributed by atoms with Crippen LogP contribution in [-0.4, -0.2) is 68.9 Å². The number of amides is 2. The molecule has 0 saturated carbocycles. The molecular weight excluding hydrogens is 503 g/mol. The minimum atomic E-state index is -0.666. The lowest BCUT2D eigenvalue weighted by Gasteiger charge is -2.28. The minimum absolute atomic E-state index is 0.266. The second kappa shape index (κ2) is 12.4. The summed E-state index contributed by atoms with van der Waals surface area (Å²) in [5.74, 6) is 6.26. The van der Waals surface area contributed by atoms with Gasteiger partial charge in [0.25, 0.3) is 0 Å². The van der Waals surface area contributed by atoms with Gasteiger partial charge in [-0.25, -0.2) is 9.78 Å². The molecule has 3 aromatic rings. The largest absolute Gasteiger partial charge is 0.444 e. The fourth-order valence-corrected chi connectivity index (χ4v) is 3.51. The fourth-order valence-electron chi connectivity index (χ4n) is 3.51. The number of aryl methyl sites for hydroxylation is 1. The van der Waals surface area contributed by atoms with Crippen LogP contribution >= 0.6 is 0 Å². The third kappa shape index (κ3) is 7.80. The maximum absolute atomic E-state index is 13.8. The maximum atomic E-state index is 13.8. The highest BCUT2D eigenvalue weighted by Crippen LogP contribution is 2.23. The molecule has 2 aromatic heterocycles. The van der Waals surface area contributed by atoms with Crippen LogP contribution in [0, 0.1) is 17.8 Å². The van der Waals surface area contributed by atoms with Crippen molar-refractivity contribution < 1.29 is 18.7 Å². The van der Waals surface area contributed by atoms with Crippen molar-refractivity contribution >= 4 is 40.4 Å². The first-order valence-electron chi connectivity index (χ1n) is 12.6. The normalized spacial score (nSPS) is 11.8. The van der Waals surface area contributed by atoms with Gasteiger partial charge in [-0.1, -0.05) is 11.8 Å². The van der Waals surface area contributed by atoms with Crippen LogP contribution in [0.15, 0.2) is 24.4 Å². The Morgan fingerprint density at radius 3 is 2.72 bits per heavy atom. The quantitative estimate of drug-likeness (QED) is 0.292. The molecule has 3 N–H and O–H groups in total. The smallest absolute Gasteiger partial charge is 0.410 e. The van der Waals surface area contributed by atoms with Crippen molar-refractivity contribution in [3.63, 3.8) is 0 Å². The second-order valence-corrected chi connectivity index (χ2v) is 9.94. The topological polar surface area (TPSA) is 126 Å². The number of nitrogens with one attached hydrogen (secondary N) is 3. The number of likely N-dealkylation sites (N-methyl/N-ethyl adjacent to an activating group) is 1. The lowest BCUT2D eigenvalue weighted by Crippen LogP contribution is -2.47. The monoisotopic (exact) mass is 538 g/mol. The number of carbonyl (C=O) groups excluding carboxylic acids is 2. The van der Waals surface area contributed by atoms with E-state index < -0.39 is 23.7 Å². The van der Waals surface area contributed by atoms with Crippen molar-refractivity contribution in [3.8, 4) is 11.8 Å². The summed E-state index contributed by atoms with van der Waals surface area (Å²) >= 11 is 0. The van der Waals surface area contributed by atoms with Gasteiger partial charge in [0.1, 0.15) is 17.5 Å². The van der Waals surface area contributed by atoms with Crippen molar-refractivity contribution in [2.45, 2.75) is 52.2 Å². The molecule has 208 valence electrons. The van der Waals surface area contributed by atoms with E-state index in [4.69, 9.17) is 4.74 Å². The lowest BCUT2D eigenvalue weighted by atomic mass is 10.2. The molecule has 0 aliphatic carbocycles. The van der Waals surface area contributed by atoms with Gasteiger partial charge in [-0.2, -0.15) is 9.37 Å². The summed E-state index contributed by atoms with van der Waals surface area (Å²) in [7, 11) is 4.96. The van der Waals surface area contributed by atoms with Gasteiger partial charge >= 0.3 is 6.09 Å². The predicted molar refractivity (Wildman–Crippen MR) is 148 cm³/mol. The summed E-state index contributed by atoms with van der Waals surface area (Å²) in [6.07, 6.45) is 2.24. The molecule has 0 bridgehead atoms. The Labute approximate surface area is 227 Å². The molecule has 0 aliphatic rings. The van der Waals surface area contributed by atoms with Crippen LogP contribution in [0.2, 0.25) is 0 Å². The van der Waals surface area contributed by atoms with Crippen molar-refractivity contribution in [3.05, 3.63) is 35.9 Å². The first-order valence-corrected chi connectivity index (χ1v) is 12.6. The van der Waals surface area contributed by atoms with Gasteiger partial charge in [0.15, 0.2) is 0 Å². The van der Waals surface area contributed by atoms with Crippen LogP contribution in [0.5, 0.6) is 0 Å². The van der Waals surface area contributed by atoms with Gasteiger partial charge in [-0.15, -0.1) is 5.10 Å². The van der Waals surface area contributed by atoms with Gasteiger partial charge in [0, 0.05) is 39.8 Å². The summed E-state index contributed by atoms with van der Waals surface area (Å²) in [5.41, 5.74) is 1.34. The third-order valence-electron chi connectivity index (χ3n) is 5.73. The predicted octanol–water partition coefficient (Wildman–Crippen LogP) is 3.79. The van der Waals surface area contributed by atoms with Gasteiger partial charge in [0.05, 0.1) is 22.7 Å². The molecule has 1 atom stereocenters. The van der Waals surface area contributed by atoms with Gasteiger partial charge in [-0.05, 0) is 52.3 Å². The maximum Gasteiger partial charge on any atom is 0.410 e. The van der Waals surface area contributed by atoms with Crippen molar-refractivity contribution in [1.29, 1.82) is 0 Å². The SMILES string of the molecule is CNc1nc(Nc2ccc3c(F)nn(C)c3c2)ncc1C#CCCCNC(=O)[C@H](C)N(C)C(=O)OC(C)(C)C. The summed E-state index contributed by atoms with van der Waals surface area (Å²) < 4.78 is 20.6. The number of benzene rings is 1. The lowest BCUT2D eigenvalue weighted by molar-refractivity contribution is -0.125. The highest BCUT2D eigenvalue weighted by atomic mass is 19.1. The molecule has 0 spiro atoms. The summed E-state index contributed by atoms with van der Waals surface area (Å²) in [6, 6.07) is 4.50. The Morgan fingerprint density at radius 2 is 2.03 bits per heavy atom. The van der Waals surface area contributed by atoms with Crippen LogP contribution in [0.25, 0.3) is 10.9 Å². The van der Waals surface area contributed by atoms with E-state index in [1.165, 1.54) is 16.6 Å². The molecule has 2 amide bonds. The van der Waals surface area contributed by atoms with Crippen LogP contribution in [0.4, 0.5) is 26.6 Å². The first kappa shape index (κ1) is 29.2. The van der Waals surface area contributed by atoms with Gasteiger partial charge < -0.3 is 20.7 Å². The van der Waals surface area contributed by atoms with Crippen molar-refractivity contribution in [2.24, 2.45) is 7.05 Å². The molecule has 12 heteroatoms. The van der Waals surface area contributed by atoms with E-state index in [2.05, 4.69) is 42.9 Å². The molecule has 0 fully saturated rings. The third-order valence-corrected chi connectivity index (χ3v) is 5.73. The Hall–Kier alpha value is -4.40. The van der Waals surface area contributed by atoms with Gasteiger partial charge in [0.2, 0.25) is 17.8 Å². The Bertz CT molecular complexity index is 1400. The highest BCUT2D eigenvalue weighted by Gasteiger charge is 2.26. The van der Waals surface area contributed by atoms with Crippen LogP contribution in [0.1, 0.15) is 46.1 Å². The van der Waals surface area contributed by atoms with Crippen molar-refractivity contribution in [2.75, 3.05) is 31.3 Å². The number of hydrogen-bond acceptors (Lipinski definition) is 8. The zero-order chi connectivity index (χ0) is 28.7. The Balaban J connectivity index is 1.51. The second-order valence-electron chi connectivity index (χ2n) is 9.94. The number of fused-ring (bicyclic) bond motifs is 1. The fraction of sp³-hybridized carbons (Fsp3) is 0.444. The highest BCUT2D eigenvalue weighted by molar-refractivity contribution is 5.85. The van der Waals surface area contributed by atoms with E-state index in [0.29, 0.717) is 53.3 Å². The number of hydrogen-bond donors (Lipinski definition) is 3. The molecule has 39 heavy (non-hydrogen) atoms. The zero-order valence-electron chi connectivity index (χ0n) is 23.3. The number of anilines is 3. The van der Waals surface area contributed by atoms with Crippen LogP contribution < -0.4 is 16.0 Å². The minimum Gasteiger partial charge on any atom is -0.444 e. The number of halogens is 1. The molecule has 1 aromatic carbocycles. The molecule has 0 unspecified atom stereocenters. The molecule has 0 aliphatic heterocycles. The number of nitrogens with zero attached hydrogens (tertiary/aromatic N) is 5. The number of rotatable bonds is 8. The number of unbranched alkanes of at least 4 members (excludes halogenated alkanes) is 1. The van der Waals surface area contributed by atoms with Crippen LogP contribution in [-0.2, 0) is 16.6 Å². The Kier molecular flexibility index (Phi) is 9.29. The summed E-state index contributed by atoms with van der Waals surface area (Å²) in [6.45, 7) is 7.39. The van der Waals surface area contributed by atoms with E-state index in [-0.39, 0.29) is 5.91 Å². The molecular formula is C27H35FN8O3. The first-order chi connectivity index (χ1) is 18.4. The molecule has 2 heterocycles. The average Bonchev–Trinajstić information content (AvgIpc) is 3.16. The van der Waals surface area contributed by atoms with E-state index in [9.17, 15) is 14.0 Å². The van der Waals surface area contributed by atoms with E-state index in [0.717, 1.165) is 0 Å². The van der Waals surface area contributed by atoms with E-state index >= 15 is 0 Å².